The molecule has 0 aromatic rings. The average molecular weight is 201 g/mol. The van der Waals surface area contributed by atoms with Crippen LogP contribution in [0.2, 0.25) is 0 Å². The number of rotatable bonds is 8. The summed E-state index contributed by atoms with van der Waals surface area (Å²) >= 11 is 0. The quantitative estimate of drug-likeness (QED) is 0.632. The molecule has 0 aliphatic heterocycles. The van der Waals surface area contributed by atoms with Crippen LogP contribution in [0.4, 0.5) is 0 Å². The van der Waals surface area contributed by atoms with Gasteiger partial charge in [-0.05, 0) is 39.2 Å². The second-order valence-electron chi connectivity index (χ2n) is 4.82. The molecule has 0 saturated heterocycles. The summed E-state index contributed by atoms with van der Waals surface area (Å²) < 4.78 is 0. The zero-order valence-corrected chi connectivity index (χ0v) is 10.2. The third-order valence-corrected chi connectivity index (χ3v) is 2.47. The summed E-state index contributed by atoms with van der Waals surface area (Å²) in [6.07, 6.45) is 4.56. The molecule has 0 aliphatic rings. The minimum Gasteiger partial charge on any atom is -0.393 e. The van der Waals surface area contributed by atoms with Crippen molar-refractivity contribution in [1.29, 1.82) is 0 Å². The minimum atomic E-state index is -0.176. The van der Waals surface area contributed by atoms with Crippen LogP contribution in [0.15, 0.2) is 0 Å². The van der Waals surface area contributed by atoms with E-state index in [9.17, 15) is 0 Å². The lowest BCUT2D eigenvalue weighted by Crippen LogP contribution is -2.28. The van der Waals surface area contributed by atoms with Gasteiger partial charge in [-0.2, -0.15) is 0 Å². The van der Waals surface area contributed by atoms with E-state index in [1.807, 2.05) is 6.92 Å². The fourth-order valence-electron chi connectivity index (χ4n) is 1.47. The molecule has 0 fully saturated rings. The summed E-state index contributed by atoms with van der Waals surface area (Å²) in [5.41, 5.74) is 0. The zero-order valence-electron chi connectivity index (χ0n) is 10.2. The SMILES string of the molecule is CC(C)CCCC(C)NCCC(C)O. The monoisotopic (exact) mass is 201 g/mol. The van der Waals surface area contributed by atoms with Gasteiger partial charge in [-0.1, -0.05) is 26.7 Å². The topological polar surface area (TPSA) is 32.3 Å². The Labute approximate surface area is 89.1 Å². The number of aliphatic hydroxyl groups is 1. The Balaban J connectivity index is 3.23. The molecule has 2 atom stereocenters. The highest BCUT2D eigenvalue weighted by Gasteiger charge is 2.02. The molecular formula is C12H27NO. The number of hydrogen-bond acceptors (Lipinski definition) is 2. The van der Waals surface area contributed by atoms with Crippen LogP contribution in [0.25, 0.3) is 0 Å². The number of nitrogens with one attached hydrogen (secondary N) is 1. The second-order valence-corrected chi connectivity index (χ2v) is 4.82. The Kier molecular flexibility index (Phi) is 8.20. The summed E-state index contributed by atoms with van der Waals surface area (Å²) in [4.78, 5) is 0. The molecule has 0 aromatic heterocycles. The van der Waals surface area contributed by atoms with Gasteiger partial charge >= 0.3 is 0 Å². The third kappa shape index (κ3) is 10.0. The first-order valence-corrected chi connectivity index (χ1v) is 5.93. The van der Waals surface area contributed by atoms with Gasteiger partial charge in [0, 0.05) is 6.04 Å². The van der Waals surface area contributed by atoms with Gasteiger partial charge in [-0.15, -0.1) is 0 Å². The maximum absolute atomic E-state index is 9.07. The van der Waals surface area contributed by atoms with Gasteiger partial charge in [0.15, 0.2) is 0 Å². The number of aliphatic hydroxyl groups excluding tert-OH is 1. The van der Waals surface area contributed by atoms with Crippen LogP contribution in [-0.4, -0.2) is 23.8 Å². The largest absolute Gasteiger partial charge is 0.393 e. The molecule has 0 bridgehead atoms. The molecule has 0 aromatic carbocycles. The fourth-order valence-corrected chi connectivity index (χ4v) is 1.47. The van der Waals surface area contributed by atoms with Crippen molar-refractivity contribution in [3.63, 3.8) is 0 Å². The van der Waals surface area contributed by atoms with Crippen molar-refractivity contribution in [2.24, 2.45) is 5.92 Å². The molecule has 86 valence electrons. The van der Waals surface area contributed by atoms with Crippen LogP contribution >= 0.6 is 0 Å². The van der Waals surface area contributed by atoms with Gasteiger partial charge in [-0.25, -0.2) is 0 Å². The lowest BCUT2D eigenvalue weighted by atomic mass is 10.0. The van der Waals surface area contributed by atoms with Crippen molar-refractivity contribution in [2.45, 2.75) is 65.5 Å². The van der Waals surface area contributed by atoms with Crippen LogP contribution in [-0.2, 0) is 0 Å². The van der Waals surface area contributed by atoms with Crippen molar-refractivity contribution < 1.29 is 5.11 Å². The van der Waals surface area contributed by atoms with E-state index in [1.54, 1.807) is 0 Å². The summed E-state index contributed by atoms with van der Waals surface area (Å²) in [5.74, 6) is 0.819. The fraction of sp³-hybridized carbons (Fsp3) is 1.00. The molecule has 14 heavy (non-hydrogen) atoms. The minimum absolute atomic E-state index is 0.176. The van der Waals surface area contributed by atoms with E-state index in [4.69, 9.17) is 5.11 Å². The van der Waals surface area contributed by atoms with Gasteiger partial charge < -0.3 is 10.4 Å². The van der Waals surface area contributed by atoms with E-state index in [0.29, 0.717) is 6.04 Å². The van der Waals surface area contributed by atoms with Crippen LogP contribution < -0.4 is 5.32 Å². The second kappa shape index (κ2) is 8.25. The average Bonchev–Trinajstić information content (AvgIpc) is 2.02. The van der Waals surface area contributed by atoms with E-state index in [1.165, 1.54) is 19.3 Å². The molecule has 0 rings (SSSR count). The van der Waals surface area contributed by atoms with Crippen molar-refractivity contribution in [1.82, 2.24) is 5.32 Å². The van der Waals surface area contributed by atoms with Crippen LogP contribution in [0.1, 0.15) is 53.4 Å². The molecule has 0 spiro atoms. The maximum Gasteiger partial charge on any atom is 0.0524 e. The summed E-state index contributed by atoms with van der Waals surface area (Å²) in [6, 6.07) is 0.590. The molecule has 0 aliphatic carbocycles. The van der Waals surface area contributed by atoms with Crippen LogP contribution in [0.3, 0.4) is 0 Å². The van der Waals surface area contributed by atoms with Crippen LogP contribution in [0, 0.1) is 5.92 Å². The lowest BCUT2D eigenvalue weighted by molar-refractivity contribution is 0.182. The van der Waals surface area contributed by atoms with Crippen molar-refractivity contribution in [3.8, 4) is 0 Å². The lowest BCUT2D eigenvalue weighted by Gasteiger charge is -2.14. The molecule has 2 unspecified atom stereocenters. The highest BCUT2D eigenvalue weighted by atomic mass is 16.3. The Morgan fingerprint density at radius 3 is 2.14 bits per heavy atom. The smallest absolute Gasteiger partial charge is 0.0524 e. The summed E-state index contributed by atoms with van der Waals surface area (Å²) in [6.45, 7) is 9.53. The Hall–Kier alpha value is -0.0800. The molecule has 0 saturated carbocycles. The van der Waals surface area contributed by atoms with Gasteiger partial charge in [0.2, 0.25) is 0 Å². The molecule has 2 nitrogen and oxygen atoms in total. The molecule has 0 heterocycles. The first-order valence-electron chi connectivity index (χ1n) is 5.93. The third-order valence-electron chi connectivity index (χ3n) is 2.47. The van der Waals surface area contributed by atoms with Gasteiger partial charge in [-0.3, -0.25) is 0 Å². The predicted octanol–water partition coefficient (Wildman–Crippen LogP) is 2.56. The van der Waals surface area contributed by atoms with Gasteiger partial charge in [0.25, 0.3) is 0 Å². The van der Waals surface area contributed by atoms with Gasteiger partial charge in [0.05, 0.1) is 6.10 Å². The Morgan fingerprint density at radius 1 is 1.00 bits per heavy atom. The first kappa shape index (κ1) is 13.9. The van der Waals surface area contributed by atoms with E-state index in [-0.39, 0.29) is 6.10 Å². The predicted molar refractivity (Wildman–Crippen MR) is 62.5 cm³/mol. The Bertz CT molecular complexity index is 109. The molecule has 0 radical (unpaired) electrons. The molecular weight excluding hydrogens is 174 g/mol. The van der Waals surface area contributed by atoms with Crippen molar-refractivity contribution in [2.75, 3.05) is 6.54 Å². The normalized spacial score (nSPS) is 15.9. The van der Waals surface area contributed by atoms with E-state index >= 15 is 0 Å². The number of hydrogen-bond donors (Lipinski definition) is 2. The first-order chi connectivity index (χ1) is 6.52. The summed E-state index contributed by atoms with van der Waals surface area (Å²) in [5, 5.41) is 12.5. The van der Waals surface area contributed by atoms with E-state index in [0.717, 1.165) is 18.9 Å². The standard InChI is InChI=1S/C12H27NO/c1-10(2)6-5-7-11(3)13-9-8-12(4)14/h10-14H,5-9H2,1-4H3. The van der Waals surface area contributed by atoms with E-state index < -0.39 is 0 Å². The molecule has 2 heteroatoms. The van der Waals surface area contributed by atoms with Gasteiger partial charge in [0.1, 0.15) is 0 Å². The highest BCUT2D eigenvalue weighted by Crippen LogP contribution is 2.08. The van der Waals surface area contributed by atoms with Crippen molar-refractivity contribution in [3.05, 3.63) is 0 Å². The van der Waals surface area contributed by atoms with E-state index in [2.05, 4.69) is 26.1 Å². The summed E-state index contributed by atoms with van der Waals surface area (Å²) in [7, 11) is 0. The Morgan fingerprint density at radius 2 is 1.64 bits per heavy atom. The maximum atomic E-state index is 9.07. The highest BCUT2D eigenvalue weighted by molar-refractivity contribution is 4.62. The molecule has 0 amide bonds. The molecule has 2 N–H and O–H groups in total. The zero-order chi connectivity index (χ0) is 11.0. The van der Waals surface area contributed by atoms with Crippen molar-refractivity contribution >= 4 is 0 Å². The van der Waals surface area contributed by atoms with Crippen LogP contribution in [0.5, 0.6) is 0 Å².